The van der Waals surface area contributed by atoms with Crippen molar-refractivity contribution in [1.29, 1.82) is 0 Å². The van der Waals surface area contributed by atoms with Crippen LogP contribution in [0.25, 0.3) is 0 Å². The lowest BCUT2D eigenvalue weighted by Gasteiger charge is -2.26. The summed E-state index contributed by atoms with van der Waals surface area (Å²) in [4.78, 5) is 10.8. The van der Waals surface area contributed by atoms with Gasteiger partial charge in [0.25, 0.3) is 0 Å². The van der Waals surface area contributed by atoms with Crippen molar-refractivity contribution in [3.63, 3.8) is 0 Å². The summed E-state index contributed by atoms with van der Waals surface area (Å²) in [5, 5.41) is 0. The molecule has 1 aromatic carbocycles. The number of benzene rings is 1. The number of carbonyl (C=O) groups is 1. The average Bonchev–Trinajstić information content (AvgIpc) is 1.90. The highest BCUT2D eigenvalue weighted by molar-refractivity contribution is 5.85. The summed E-state index contributed by atoms with van der Waals surface area (Å²) in [5.74, 6) is -0.227. The van der Waals surface area contributed by atoms with E-state index in [0.717, 1.165) is 12.0 Å². The number of hydrogen-bond acceptors (Lipinski definition) is 1. The van der Waals surface area contributed by atoms with E-state index in [1.165, 1.54) is 5.56 Å². The van der Waals surface area contributed by atoms with Crippen LogP contribution in [0.4, 0.5) is 0 Å². The molecule has 0 fully saturated rings. The molecule has 11 heavy (non-hydrogen) atoms. The minimum atomic E-state index is -0.205. The van der Waals surface area contributed by atoms with Crippen molar-refractivity contribution in [1.82, 2.24) is 0 Å². The third-order valence-electron chi connectivity index (χ3n) is 2.20. The van der Waals surface area contributed by atoms with E-state index < -0.39 is 0 Å². The van der Waals surface area contributed by atoms with E-state index in [1.807, 2.05) is 24.3 Å². The third kappa shape index (κ3) is 0.827. The number of carbonyl (C=O) groups excluding carboxylic acids is 1. The van der Waals surface area contributed by atoms with Crippen molar-refractivity contribution in [2.45, 2.75) is 12.3 Å². The highest BCUT2D eigenvalue weighted by Crippen LogP contribution is 2.33. The molecule has 56 valence electrons. The molecule has 2 heteroatoms. The Balaban J connectivity index is 2.36. The maximum atomic E-state index is 10.8. The molecule has 1 atom stereocenters. The van der Waals surface area contributed by atoms with Crippen LogP contribution in [0.15, 0.2) is 24.3 Å². The van der Waals surface area contributed by atoms with E-state index in [0.29, 0.717) is 0 Å². The Bertz CT molecular complexity index is 306. The summed E-state index contributed by atoms with van der Waals surface area (Å²) in [6.45, 7) is 0. The summed E-state index contributed by atoms with van der Waals surface area (Å²) in [7, 11) is 0. The molecule has 0 aliphatic heterocycles. The number of rotatable bonds is 1. The predicted octanol–water partition coefficient (Wildman–Crippen LogP) is 0.812. The van der Waals surface area contributed by atoms with Crippen LogP contribution in [-0.4, -0.2) is 5.91 Å². The molecule has 2 nitrogen and oxygen atoms in total. The van der Waals surface area contributed by atoms with Crippen molar-refractivity contribution in [3.05, 3.63) is 35.4 Å². The molecule has 0 heterocycles. The first-order chi connectivity index (χ1) is 5.29. The van der Waals surface area contributed by atoms with Gasteiger partial charge in [-0.1, -0.05) is 24.3 Å². The van der Waals surface area contributed by atoms with Crippen molar-refractivity contribution >= 4 is 5.91 Å². The number of fused-ring (bicyclic) bond motifs is 1. The fraction of sp³-hybridized carbons (Fsp3) is 0.222. The summed E-state index contributed by atoms with van der Waals surface area (Å²) >= 11 is 0. The van der Waals surface area contributed by atoms with Crippen molar-refractivity contribution in [2.24, 2.45) is 5.73 Å². The quantitative estimate of drug-likeness (QED) is 0.627. The molecule has 0 spiro atoms. The topological polar surface area (TPSA) is 43.1 Å². The van der Waals surface area contributed by atoms with E-state index in [4.69, 9.17) is 5.73 Å². The second-order valence-electron chi connectivity index (χ2n) is 2.86. The van der Waals surface area contributed by atoms with Gasteiger partial charge in [-0.25, -0.2) is 0 Å². The summed E-state index contributed by atoms with van der Waals surface area (Å²) in [5.41, 5.74) is 7.55. The van der Waals surface area contributed by atoms with Gasteiger partial charge in [0.15, 0.2) is 0 Å². The number of amides is 1. The zero-order chi connectivity index (χ0) is 7.84. The van der Waals surface area contributed by atoms with Crippen LogP contribution in [0.5, 0.6) is 0 Å². The molecule has 1 aliphatic carbocycles. The van der Waals surface area contributed by atoms with Crippen LogP contribution < -0.4 is 5.73 Å². The van der Waals surface area contributed by atoms with Gasteiger partial charge in [0.05, 0.1) is 5.92 Å². The van der Waals surface area contributed by atoms with Gasteiger partial charge in [-0.05, 0) is 17.5 Å². The Morgan fingerprint density at radius 2 is 2.18 bits per heavy atom. The average molecular weight is 147 g/mol. The molecule has 2 N–H and O–H groups in total. The number of hydrogen-bond donors (Lipinski definition) is 1. The van der Waals surface area contributed by atoms with E-state index in [9.17, 15) is 4.79 Å². The second-order valence-corrected chi connectivity index (χ2v) is 2.86. The van der Waals surface area contributed by atoms with Gasteiger partial charge in [-0.3, -0.25) is 4.79 Å². The third-order valence-corrected chi connectivity index (χ3v) is 2.20. The Labute approximate surface area is 65.0 Å². The standard InChI is InChI=1S/C9H9NO/c10-9(11)8-5-6-3-1-2-4-7(6)8/h1-4,8H,5H2,(H2,10,11). The van der Waals surface area contributed by atoms with Gasteiger partial charge < -0.3 is 5.73 Å². The lowest BCUT2D eigenvalue weighted by molar-refractivity contribution is -0.119. The highest BCUT2D eigenvalue weighted by atomic mass is 16.1. The van der Waals surface area contributed by atoms with E-state index in [2.05, 4.69) is 0 Å². The largest absolute Gasteiger partial charge is 0.369 e. The molecule has 1 unspecified atom stereocenters. The van der Waals surface area contributed by atoms with Crippen LogP contribution in [0.2, 0.25) is 0 Å². The monoisotopic (exact) mass is 147 g/mol. The van der Waals surface area contributed by atoms with Crippen molar-refractivity contribution in [3.8, 4) is 0 Å². The fourth-order valence-electron chi connectivity index (χ4n) is 1.51. The zero-order valence-corrected chi connectivity index (χ0v) is 6.08. The van der Waals surface area contributed by atoms with Crippen molar-refractivity contribution < 1.29 is 4.79 Å². The Kier molecular flexibility index (Phi) is 1.22. The highest BCUT2D eigenvalue weighted by Gasteiger charge is 2.29. The first-order valence-electron chi connectivity index (χ1n) is 3.66. The maximum Gasteiger partial charge on any atom is 0.225 e. The summed E-state index contributed by atoms with van der Waals surface area (Å²) in [6.07, 6.45) is 0.825. The molecular formula is C9H9NO. The van der Waals surface area contributed by atoms with Gasteiger partial charge in [-0.15, -0.1) is 0 Å². The minimum absolute atomic E-state index is 0.0220. The van der Waals surface area contributed by atoms with E-state index in [1.54, 1.807) is 0 Å². The fourth-order valence-corrected chi connectivity index (χ4v) is 1.51. The van der Waals surface area contributed by atoms with Crippen molar-refractivity contribution in [2.75, 3.05) is 0 Å². The van der Waals surface area contributed by atoms with Gasteiger partial charge in [0.1, 0.15) is 0 Å². The van der Waals surface area contributed by atoms with Crippen LogP contribution in [0.1, 0.15) is 17.0 Å². The summed E-state index contributed by atoms with van der Waals surface area (Å²) < 4.78 is 0. The maximum absolute atomic E-state index is 10.8. The summed E-state index contributed by atoms with van der Waals surface area (Å²) in [6, 6.07) is 7.92. The van der Waals surface area contributed by atoms with E-state index in [-0.39, 0.29) is 11.8 Å². The molecule has 0 saturated heterocycles. The Morgan fingerprint density at radius 1 is 1.45 bits per heavy atom. The Morgan fingerprint density at radius 3 is 2.82 bits per heavy atom. The van der Waals surface area contributed by atoms with Gasteiger partial charge in [-0.2, -0.15) is 0 Å². The SMILES string of the molecule is NC(=O)C1Cc2ccccc21. The van der Waals surface area contributed by atoms with Crippen LogP contribution in [0.3, 0.4) is 0 Å². The molecule has 1 amide bonds. The molecular weight excluding hydrogens is 138 g/mol. The lowest BCUT2D eigenvalue weighted by Crippen LogP contribution is -2.30. The molecule has 2 rings (SSSR count). The lowest BCUT2D eigenvalue weighted by atomic mass is 9.77. The van der Waals surface area contributed by atoms with Crippen LogP contribution >= 0.6 is 0 Å². The van der Waals surface area contributed by atoms with Gasteiger partial charge >= 0.3 is 0 Å². The molecule has 0 saturated carbocycles. The molecule has 0 aromatic heterocycles. The van der Waals surface area contributed by atoms with Crippen LogP contribution in [0, 0.1) is 0 Å². The zero-order valence-electron chi connectivity index (χ0n) is 6.08. The normalized spacial score (nSPS) is 20.2. The minimum Gasteiger partial charge on any atom is -0.369 e. The molecule has 0 bridgehead atoms. The molecule has 0 radical (unpaired) electrons. The number of primary amides is 1. The smallest absolute Gasteiger partial charge is 0.225 e. The second kappa shape index (κ2) is 2.09. The predicted molar refractivity (Wildman–Crippen MR) is 42.1 cm³/mol. The first-order valence-corrected chi connectivity index (χ1v) is 3.66. The number of nitrogens with two attached hydrogens (primary N) is 1. The first kappa shape index (κ1) is 6.40. The van der Waals surface area contributed by atoms with Crippen LogP contribution in [-0.2, 0) is 11.2 Å². The van der Waals surface area contributed by atoms with Gasteiger partial charge in [0.2, 0.25) is 5.91 Å². The molecule has 1 aliphatic rings. The molecule has 1 aromatic rings. The Hall–Kier alpha value is -1.31. The van der Waals surface area contributed by atoms with Gasteiger partial charge in [0, 0.05) is 0 Å². The van der Waals surface area contributed by atoms with E-state index >= 15 is 0 Å².